The van der Waals surface area contributed by atoms with Gasteiger partial charge in [0, 0.05) is 62.2 Å². The number of piperidine rings is 2. The standard InChI is InChI=1S/C38H51ClN4O2/c1-41(2)28-29-43-24-18-35(19-25-43)40-36(44)30-37(31-10-5-3-6-11-31,32-12-7-4-8-13-32)20-9-23-42-26-21-38(45,22-27-42)33-14-16-34(39)17-15-33/h3-8,10-17,35,45H,9,18-30H2,1-2H3,(H,40,44). The van der Waals surface area contributed by atoms with Crippen molar-refractivity contribution in [2.45, 2.75) is 62.0 Å². The topological polar surface area (TPSA) is 59.0 Å². The molecule has 0 saturated carbocycles. The second kappa shape index (κ2) is 15.7. The van der Waals surface area contributed by atoms with Crippen LogP contribution in [-0.2, 0) is 15.8 Å². The summed E-state index contributed by atoms with van der Waals surface area (Å²) in [6.07, 6.45) is 5.66. The minimum absolute atomic E-state index is 0.139. The lowest BCUT2D eigenvalue weighted by Gasteiger charge is -2.40. The summed E-state index contributed by atoms with van der Waals surface area (Å²) in [5.41, 5.74) is 2.11. The van der Waals surface area contributed by atoms with Crippen molar-refractivity contribution < 1.29 is 9.90 Å². The first kappa shape index (κ1) is 33.6. The van der Waals surface area contributed by atoms with Gasteiger partial charge < -0.3 is 25.1 Å². The average molecular weight is 631 g/mol. The molecule has 3 aromatic carbocycles. The molecule has 2 aliphatic heterocycles. The third-order valence-electron chi connectivity index (χ3n) is 10.1. The van der Waals surface area contributed by atoms with Crippen molar-refractivity contribution in [2.24, 2.45) is 0 Å². The zero-order valence-corrected chi connectivity index (χ0v) is 27.9. The van der Waals surface area contributed by atoms with Crippen LogP contribution in [0.3, 0.4) is 0 Å². The molecule has 0 bridgehead atoms. The van der Waals surface area contributed by atoms with Crippen LogP contribution in [0.5, 0.6) is 0 Å². The number of nitrogens with zero attached hydrogens (tertiary/aromatic N) is 3. The maximum absolute atomic E-state index is 13.9. The van der Waals surface area contributed by atoms with Crippen LogP contribution >= 0.6 is 11.6 Å². The van der Waals surface area contributed by atoms with Crippen molar-refractivity contribution in [3.63, 3.8) is 0 Å². The molecule has 2 aliphatic rings. The number of carbonyl (C=O) groups excluding carboxylic acids is 1. The highest BCUT2D eigenvalue weighted by molar-refractivity contribution is 6.30. The molecule has 7 heteroatoms. The van der Waals surface area contributed by atoms with Crippen LogP contribution in [0, 0.1) is 0 Å². The van der Waals surface area contributed by atoms with Gasteiger partial charge in [-0.05, 0) is 88.0 Å². The molecule has 6 nitrogen and oxygen atoms in total. The van der Waals surface area contributed by atoms with E-state index in [-0.39, 0.29) is 11.9 Å². The second-order valence-electron chi connectivity index (χ2n) is 13.5. The Kier molecular flexibility index (Phi) is 11.7. The molecule has 0 atom stereocenters. The molecule has 5 rings (SSSR count). The van der Waals surface area contributed by atoms with Crippen LogP contribution in [0.4, 0.5) is 0 Å². The van der Waals surface area contributed by atoms with Crippen molar-refractivity contribution in [1.82, 2.24) is 20.0 Å². The molecule has 0 unspecified atom stereocenters. The third kappa shape index (κ3) is 8.96. The molecule has 0 aliphatic carbocycles. The average Bonchev–Trinajstić information content (AvgIpc) is 3.06. The van der Waals surface area contributed by atoms with Gasteiger partial charge in [-0.2, -0.15) is 0 Å². The lowest BCUT2D eigenvalue weighted by molar-refractivity contribution is -0.123. The van der Waals surface area contributed by atoms with E-state index < -0.39 is 11.0 Å². The molecule has 2 N–H and O–H groups in total. The molecule has 2 heterocycles. The molecule has 45 heavy (non-hydrogen) atoms. The van der Waals surface area contributed by atoms with Crippen LogP contribution < -0.4 is 5.32 Å². The molecular formula is C38H51ClN4O2. The normalized spacial score (nSPS) is 18.2. The predicted molar refractivity (Wildman–Crippen MR) is 185 cm³/mol. The second-order valence-corrected chi connectivity index (χ2v) is 13.9. The monoisotopic (exact) mass is 630 g/mol. The van der Waals surface area contributed by atoms with Crippen molar-refractivity contribution >= 4 is 17.5 Å². The molecular weight excluding hydrogens is 580 g/mol. The summed E-state index contributed by atoms with van der Waals surface area (Å²) in [6, 6.07) is 29.1. The molecule has 2 saturated heterocycles. The summed E-state index contributed by atoms with van der Waals surface area (Å²) >= 11 is 6.09. The molecule has 242 valence electrons. The van der Waals surface area contributed by atoms with E-state index in [1.54, 1.807) is 0 Å². The van der Waals surface area contributed by atoms with Gasteiger partial charge in [-0.25, -0.2) is 0 Å². The van der Waals surface area contributed by atoms with Gasteiger partial charge in [-0.1, -0.05) is 84.4 Å². The minimum Gasteiger partial charge on any atom is -0.385 e. The highest BCUT2D eigenvalue weighted by Gasteiger charge is 2.38. The van der Waals surface area contributed by atoms with Crippen molar-refractivity contribution in [3.8, 4) is 0 Å². The van der Waals surface area contributed by atoms with Gasteiger partial charge in [0.25, 0.3) is 0 Å². The maximum atomic E-state index is 13.9. The summed E-state index contributed by atoms with van der Waals surface area (Å²) in [5, 5.41) is 15.5. The number of benzene rings is 3. The van der Waals surface area contributed by atoms with E-state index in [4.69, 9.17) is 11.6 Å². The van der Waals surface area contributed by atoms with Crippen molar-refractivity contribution in [3.05, 3.63) is 107 Å². The Bertz CT molecular complexity index is 1280. The summed E-state index contributed by atoms with van der Waals surface area (Å²) < 4.78 is 0. The highest BCUT2D eigenvalue weighted by Crippen LogP contribution is 2.41. The minimum atomic E-state index is -0.806. The Morgan fingerprint density at radius 1 is 0.867 bits per heavy atom. The number of hydrogen-bond donors (Lipinski definition) is 2. The molecule has 0 radical (unpaired) electrons. The number of carbonyl (C=O) groups is 1. The number of likely N-dealkylation sites (tertiary alicyclic amines) is 2. The fraction of sp³-hybridized carbons (Fsp3) is 0.500. The van der Waals surface area contributed by atoms with Crippen molar-refractivity contribution in [1.29, 1.82) is 0 Å². The zero-order chi connectivity index (χ0) is 31.7. The lowest BCUT2D eigenvalue weighted by atomic mass is 9.68. The van der Waals surface area contributed by atoms with Crippen LogP contribution in [-0.4, -0.2) is 91.7 Å². The maximum Gasteiger partial charge on any atom is 0.221 e. The van der Waals surface area contributed by atoms with Gasteiger partial charge >= 0.3 is 0 Å². The quantitative estimate of drug-likeness (QED) is 0.246. The van der Waals surface area contributed by atoms with Crippen LogP contribution in [0.15, 0.2) is 84.9 Å². The Morgan fingerprint density at radius 2 is 1.42 bits per heavy atom. The SMILES string of the molecule is CN(C)CCN1CCC(NC(=O)CC(CCCN2CCC(O)(c3ccc(Cl)cc3)CC2)(c2ccccc2)c2ccccc2)CC1. The van der Waals surface area contributed by atoms with E-state index >= 15 is 0 Å². The molecule has 0 aromatic heterocycles. The number of likely N-dealkylation sites (N-methyl/N-ethyl adjacent to an activating group) is 1. The van der Waals surface area contributed by atoms with E-state index in [0.29, 0.717) is 24.3 Å². The van der Waals surface area contributed by atoms with Gasteiger partial charge in [0.2, 0.25) is 5.91 Å². The van der Waals surface area contributed by atoms with E-state index in [0.717, 1.165) is 77.1 Å². The predicted octanol–water partition coefficient (Wildman–Crippen LogP) is 5.92. The first-order chi connectivity index (χ1) is 21.8. The van der Waals surface area contributed by atoms with Crippen molar-refractivity contribution in [2.75, 3.05) is 59.9 Å². The van der Waals surface area contributed by atoms with E-state index in [1.807, 2.05) is 24.3 Å². The Balaban J connectivity index is 1.25. The van der Waals surface area contributed by atoms with E-state index in [2.05, 4.69) is 94.8 Å². The number of hydrogen-bond acceptors (Lipinski definition) is 5. The van der Waals surface area contributed by atoms with Gasteiger partial charge in [0.1, 0.15) is 0 Å². The Morgan fingerprint density at radius 3 is 1.98 bits per heavy atom. The van der Waals surface area contributed by atoms with Crippen LogP contribution in [0.1, 0.15) is 61.6 Å². The smallest absolute Gasteiger partial charge is 0.221 e. The number of halogens is 1. The fourth-order valence-corrected chi connectivity index (χ4v) is 7.38. The molecule has 0 spiro atoms. The number of amides is 1. The molecule has 2 fully saturated rings. The lowest BCUT2D eigenvalue weighted by Crippen LogP contribution is -2.47. The van der Waals surface area contributed by atoms with Gasteiger partial charge in [0.05, 0.1) is 5.60 Å². The number of nitrogens with one attached hydrogen (secondary N) is 1. The van der Waals surface area contributed by atoms with E-state index in [1.165, 1.54) is 11.1 Å². The Hall–Kier alpha value is -2.74. The van der Waals surface area contributed by atoms with Gasteiger partial charge in [-0.3, -0.25) is 4.79 Å². The molecule has 3 aromatic rings. The summed E-state index contributed by atoms with van der Waals surface area (Å²) in [4.78, 5) is 21.1. The number of rotatable bonds is 13. The van der Waals surface area contributed by atoms with Gasteiger partial charge in [0.15, 0.2) is 0 Å². The third-order valence-corrected chi connectivity index (χ3v) is 10.3. The summed E-state index contributed by atoms with van der Waals surface area (Å²) in [6.45, 7) is 6.83. The van der Waals surface area contributed by atoms with E-state index in [9.17, 15) is 9.90 Å². The first-order valence-electron chi connectivity index (χ1n) is 16.7. The summed E-state index contributed by atoms with van der Waals surface area (Å²) in [7, 11) is 4.24. The zero-order valence-electron chi connectivity index (χ0n) is 27.1. The largest absolute Gasteiger partial charge is 0.385 e. The van der Waals surface area contributed by atoms with Crippen LogP contribution in [0.25, 0.3) is 0 Å². The van der Waals surface area contributed by atoms with Gasteiger partial charge in [-0.15, -0.1) is 0 Å². The van der Waals surface area contributed by atoms with Crippen LogP contribution in [0.2, 0.25) is 5.02 Å². The molecule has 1 amide bonds. The fourth-order valence-electron chi connectivity index (χ4n) is 7.26. The Labute approximate surface area is 275 Å². The first-order valence-corrected chi connectivity index (χ1v) is 17.1. The highest BCUT2D eigenvalue weighted by atomic mass is 35.5. The number of aliphatic hydroxyl groups is 1. The summed E-state index contributed by atoms with van der Waals surface area (Å²) in [5.74, 6) is 0.139.